The van der Waals surface area contributed by atoms with Gasteiger partial charge in [-0.15, -0.1) is 0 Å². The predicted octanol–water partition coefficient (Wildman–Crippen LogP) is -5.29. The van der Waals surface area contributed by atoms with Crippen molar-refractivity contribution in [2.24, 2.45) is 17.2 Å². The standard InChI is InChI=1S/C14H22N6O9/c15-5(1-8(16)21)12(26)18-4-10(23)19-6(3-11(24)25)13(27)20-7(14(28)29)2-9(17)22/h5-7H,1-4,15H2,(H2,16,21)(H2,17,22)(H,18,26)(H,19,23)(H,20,27)(H,24,25)(H,28,29). The van der Waals surface area contributed by atoms with Crippen molar-refractivity contribution in [3.63, 3.8) is 0 Å². The van der Waals surface area contributed by atoms with Gasteiger partial charge in [0.25, 0.3) is 0 Å². The van der Waals surface area contributed by atoms with E-state index >= 15 is 0 Å². The van der Waals surface area contributed by atoms with E-state index in [1.54, 1.807) is 0 Å². The molecule has 0 bridgehead atoms. The lowest BCUT2D eigenvalue weighted by Gasteiger charge is -2.20. The minimum absolute atomic E-state index is 0.478. The summed E-state index contributed by atoms with van der Waals surface area (Å²) in [4.78, 5) is 79.1. The van der Waals surface area contributed by atoms with Crippen molar-refractivity contribution in [1.82, 2.24) is 16.0 Å². The molecule has 0 spiro atoms. The Labute approximate surface area is 163 Å². The van der Waals surface area contributed by atoms with Crippen molar-refractivity contribution in [3.05, 3.63) is 0 Å². The molecular formula is C14H22N6O9. The molecule has 0 aliphatic heterocycles. The normalized spacial score (nSPS) is 13.3. The molecule has 0 aromatic carbocycles. The minimum Gasteiger partial charge on any atom is -0.481 e. The molecule has 0 saturated carbocycles. The molecule has 0 fully saturated rings. The Kier molecular flexibility index (Phi) is 10.3. The summed E-state index contributed by atoms with van der Waals surface area (Å²) in [6.07, 6.45) is -2.16. The molecule has 0 aromatic rings. The Hall–Kier alpha value is -3.75. The summed E-state index contributed by atoms with van der Waals surface area (Å²) in [6.45, 7) is -0.724. The van der Waals surface area contributed by atoms with E-state index in [-0.39, 0.29) is 0 Å². The van der Waals surface area contributed by atoms with Crippen LogP contribution >= 0.6 is 0 Å². The summed E-state index contributed by atoms with van der Waals surface area (Å²) < 4.78 is 0. The molecule has 29 heavy (non-hydrogen) atoms. The highest BCUT2D eigenvalue weighted by atomic mass is 16.4. The highest BCUT2D eigenvalue weighted by Crippen LogP contribution is 1.98. The van der Waals surface area contributed by atoms with Crippen LogP contribution in [0, 0.1) is 0 Å². The van der Waals surface area contributed by atoms with Crippen LogP contribution in [-0.2, 0) is 33.6 Å². The van der Waals surface area contributed by atoms with Crippen LogP contribution in [0.2, 0.25) is 0 Å². The summed E-state index contributed by atoms with van der Waals surface area (Å²) in [5.74, 6) is -8.09. The van der Waals surface area contributed by atoms with E-state index < -0.39 is 85.4 Å². The number of carboxylic acids is 2. The van der Waals surface area contributed by atoms with Crippen LogP contribution in [0.5, 0.6) is 0 Å². The van der Waals surface area contributed by atoms with Crippen molar-refractivity contribution in [2.45, 2.75) is 37.4 Å². The second kappa shape index (κ2) is 11.9. The molecule has 15 heteroatoms. The van der Waals surface area contributed by atoms with Gasteiger partial charge in [-0.1, -0.05) is 0 Å². The average molecular weight is 418 g/mol. The lowest BCUT2D eigenvalue weighted by atomic mass is 10.1. The monoisotopic (exact) mass is 418 g/mol. The molecule has 0 aliphatic rings. The van der Waals surface area contributed by atoms with Crippen LogP contribution < -0.4 is 33.2 Å². The topological polar surface area (TPSA) is 274 Å². The SMILES string of the molecule is NC(=O)CC(N)C(=O)NCC(=O)NC(CC(=O)O)C(=O)NC(CC(N)=O)C(=O)O. The maximum Gasteiger partial charge on any atom is 0.326 e. The second-order valence-electron chi connectivity index (χ2n) is 5.78. The number of carbonyl (C=O) groups excluding carboxylic acids is 5. The molecular weight excluding hydrogens is 396 g/mol. The first-order valence-corrected chi connectivity index (χ1v) is 7.97. The third kappa shape index (κ3) is 10.9. The van der Waals surface area contributed by atoms with Gasteiger partial charge in [0, 0.05) is 0 Å². The molecule has 3 unspecified atom stereocenters. The van der Waals surface area contributed by atoms with Gasteiger partial charge in [-0.3, -0.25) is 28.8 Å². The van der Waals surface area contributed by atoms with Gasteiger partial charge in [-0.05, 0) is 0 Å². The fourth-order valence-corrected chi connectivity index (χ4v) is 1.91. The second-order valence-corrected chi connectivity index (χ2v) is 5.78. The van der Waals surface area contributed by atoms with Gasteiger partial charge in [0.05, 0.1) is 31.8 Å². The molecule has 15 nitrogen and oxygen atoms in total. The van der Waals surface area contributed by atoms with E-state index in [4.69, 9.17) is 27.4 Å². The summed E-state index contributed by atoms with van der Waals surface area (Å²) in [5.41, 5.74) is 15.1. The van der Waals surface area contributed by atoms with Crippen LogP contribution in [0.25, 0.3) is 0 Å². The van der Waals surface area contributed by atoms with Crippen molar-refractivity contribution in [1.29, 1.82) is 0 Å². The van der Waals surface area contributed by atoms with Gasteiger partial charge in [0.1, 0.15) is 12.1 Å². The predicted molar refractivity (Wildman–Crippen MR) is 92.4 cm³/mol. The molecule has 0 radical (unpaired) electrons. The Bertz CT molecular complexity index is 695. The maximum absolute atomic E-state index is 12.1. The molecule has 11 N–H and O–H groups in total. The van der Waals surface area contributed by atoms with Crippen LogP contribution in [0.3, 0.4) is 0 Å². The van der Waals surface area contributed by atoms with Gasteiger partial charge in [-0.2, -0.15) is 0 Å². The fraction of sp³-hybridized carbons (Fsp3) is 0.500. The Morgan fingerprint density at radius 2 is 1.31 bits per heavy atom. The number of amides is 5. The van der Waals surface area contributed by atoms with Crippen LogP contribution in [0.15, 0.2) is 0 Å². The third-order valence-corrected chi connectivity index (χ3v) is 3.23. The summed E-state index contributed by atoms with van der Waals surface area (Å²) >= 11 is 0. The lowest BCUT2D eigenvalue weighted by Crippen LogP contribution is -2.54. The van der Waals surface area contributed by atoms with E-state index in [1.807, 2.05) is 10.6 Å². The number of carbonyl (C=O) groups is 7. The quantitative estimate of drug-likeness (QED) is 0.141. The van der Waals surface area contributed by atoms with E-state index in [9.17, 15) is 33.6 Å². The number of hydrogen-bond donors (Lipinski definition) is 8. The number of aliphatic carboxylic acids is 2. The van der Waals surface area contributed by atoms with Crippen molar-refractivity contribution < 1.29 is 43.8 Å². The number of primary amides is 2. The zero-order valence-corrected chi connectivity index (χ0v) is 15.0. The smallest absolute Gasteiger partial charge is 0.326 e. The Morgan fingerprint density at radius 1 is 0.759 bits per heavy atom. The van der Waals surface area contributed by atoms with Gasteiger partial charge in [0.15, 0.2) is 0 Å². The molecule has 0 saturated heterocycles. The van der Waals surface area contributed by atoms with Crippen LogP contribution in [-0.4, -0.2) is 76.4 Å². The molecule has 0 heterocycles. The van der Waals surface area contributed by atoms with Crippen LogP contribution in [0.1, 0.15) is 19.3 Å². The highest BCUT2D eigenvalue weighted by Gasteiger charge is 2.29. The van der Waals surface area contributed by atoms with E-state index in [0.29, 0.717) is 0 Å². The maximum atomic E-state index is 12.1. The molecule has 0 aromatic heterocycles. The van der Waals surface area contributed by atoms with Gasteiger partial charge in [-0.25, -0.2) is 4.79 Å². The van der Waals surface area contributed by atoms with Crippen molar-refractivity contribution in [3.8, 4) is 0 Å². The number of rotatable bonds is 13. The Morgan fingerprint density at radius 3 is 1.76 bits per heavy atom. The first-order valence-electron chi connectivity index (χ1n) is 7.97. The van der Waals surface area contributed by atoms with Gasteiger partial charge < -0.3 is 43.4 Å². The van der Waals surface area contributed by atoms with Gasteiger partial charge >= 0.3 is 11.9 Å². The Balaban J connectivity index is 4.94. The largest absolute Gasteiger partial charge is 0.481 e. The number of carboxylic acid groups (broad SMARTS) is 2. The summed E-state index contributed by atoms with van der Waals surface area (Å²) in [5, 5.41) is 23.7. The van der Waals surface area contributed by atoms with Crippen molar-refractivity contribution in [2.75, 3.05) is 6.54 Å². The number of hydrogen-bond acceptors (Lipinski definition) is 8. The van der Waals surface area contributed by atoms with Crippen LogP contribution in [0.4, 0.5) is 0 Å². The number of nitrogens with one attached hydrogen (secondary N) is 3. The van der Waals surface area contributed by atoms with Gasteiger partial charge in [0.2, 0.25) is 29.5 Å². The van der Waals surface area contributed by atoms with E-state index in [2.05, 4.69) is 5.32 Å². The average Bonchev–Trinajstić information content (AvgIpc) is 2.56. The fourth-order valence-electron chi connectivity index (χ4n) is 1.91. The third-order valence-electron chi connectivity index (χ3n) is 3.23. The zero-order chi connectivity index (χ0) is 22.7. The highest BCUT2D eigenvalue weighted by molar-refractivity contribution is 5.95. The first-order chi connectivity index (χ1) is 13.3. The number of nitrogens with two attached hydrogens (primary N) is 3. The molecule has 5 amide bonds. The van der Waals surface area contributed by atoms with E-state index in [0.717, 1.165) is 0 Å². The molecule has 3 atom stereocenters. The molecule has 0 aliphatic carbocycles. The molecule has 162 valence electrons. The lowest BCUT2D eigenvalue weighted by molar-refractivity contribution is -0.144. The summed E-state index contributed by atoms with van der Waals surface area (Å²) in [6, 6.07) is -4.77. The molecule has 0 rings (SSSR count). The van der Waals surface area contributed by atoms with E-state index in [1.165, 1.54) is 0 Å². The minimum atomic E-state index is -1.74. The van der Waals surface area contributed by atoms with Crippen molar-refractivity contribution >= 4 is 41.5 Å². The summed E-state index contributed by atoms with van der Waals surface area (Å²) in [7, 11) is 0. The first kappa shape index (κ1) is 25.2. The zero-order valence-electron chi connectivity index (χ0n) is 15.0.